The van der Waals surface area contributed by atoms with E-state index >= 15 is 0 Å². The molecule has 0 aromatic rings. The summed E-state index contributed by atoms with van der Waals surface area (Å²) in [5.41, 5.74) is 0.541. The van der Waals surface area contributed by atoms with Crippen LogP contribution in [0.3, 0.4) is 0 Å². The summed E-state index contributed by atoms with van der Waals surface area (Å²) in [5, 5.41) is 5.02. The molecule has 0 radical (unpaired) electrons. The summed E-state index contributed by atoms with van der Waals surface area (Å²) in [5.74, 6) is 3.16. The molecule has 4 bridgehead atoms. The minimum atomic E-state index is 0.541. The topological polar surface area (TPSA) is 6.48 Å². The molecule has 0 heterocycles. The normalized spacial score (nSPS) is 45.9. The molecule has 0 aliphatic heterocycles. The lowest BCUT2D eigenvalue weighted by Gasteiger charge is -2.61. The summed E-state index contributed by atoms with van der Waals surface area (Å²) in [6.45, 7) is 3.40. The van der Waals surface area contributed by atoms with Crippen molar-refractivity contribution in [3.8, 4) is 0 Å². The molecule has 92 valence electrons. The van der Waals surface area contributed by atoms with Crippen molar-refractivity contribution < 1.29 is 0 Å². The summed E-state index contributed by atoms with van der Waals surface area (Å²) in [6.07, 6.45) is 9.05. The summed E-state index contributed by atoms with van der Waals surface area (Å²) in [4.78, 5) is 0. The smallest absolute Gasteiger partial charge is 0.0361 e. The van der Waals surface area contributed by atoms with Crippen molar-refractivity contribution in [2.75, 3.05) is 20.6 Å². The van der Waals surface area contributed by atoms with E-state index in [0.29, 0.717) is 5.54 Å². The van der Waals surface area contributed by atoms with E-state index in [1.165, 1.54) is 19.3 Å². The second-order valence-electron chi connectivity index (χ2n) is 6.64. The van der Waals surface area contributed by atoms with Gasteiger partial charge in [0.05, 0.1) is 0 Å². The Morgan fingerprint density at radius 1 is 0.938 bits per heavy atom. The monoisotopic (exact) mass is 222 g/mol. The predicted octanol–water partition coefficient (Wildman–Crippen LogP) is 2.75. The lowest BCUT2D eigenvalue weighted by molar-refractivity contribution is -0.156. The Balaban J connectivity index is 1.82. The maximum Gasteiger partial charge on any atom is 0.0361 e. The highest BCUT2D eigenvalue weighted by Crippen LogP contribution is 2.57. The highest BCUT2D eigenvalue weighted by Gasteiger charge is 2.53. The lowest BCUT2D eigenvalue weighted by atomic mass is 9.53. The third-order valence-electron chi connectivity index (χ3n) is 5.66. The van der Waals surface area contributed by atoms with Crippen LogP contribution in [0.15, 0.2) is 0 Å². The first-order chi connectivity index (χ1) is 7.63. The van der Waals surface area contributed by atoms with E-state index < -0.39 is 0 Å². The Morgan fingerprint density at radius 3 is 1.75 bits per heavy atom. The number of hydrazine groups is 1. The van der Waals surface area contributed by atoms with E-state index in [0.717, 1.165) is 24.3 Å². The van der Waals surface area contributed by atoms with Gasteiger partial charge < -0.3 is 0 Å². The Kier molecular flexibility index (Phi) is 2.56. The fraction of sp³-hybridized carbons (Fsp3) is 1.00. The zero-order chi connectivity index (χ0) is 11.3. The van der Waals surface area contributed by atoms with Crippen molar-refractivity contribution in [1.82, 2.24) is 10.0 Å². The molecule has 0 saturated heterocycles. The van der Waals surface area contributed by atoms with Crippen LogP contribution in [0.25, 0.3) is 0 Å². The molecule has 4 aliphatic carbocycles. The Hall–Kier alpha value is -0.0800. The first-order valence-corrected chi connectivity index (χ1v) is 7.08. The summed E-state index contributed by atoms with van der Waals surface area (Å²) >= 11 is 0. The Morgan fingerprint density at radius 2 is 1.38 bits per heavy atom. The van der Waals surface area contributed by atoms with Gasteiger partial charge in [0.15, 0.2) is 0 Å². The first kappa shape index (κ1) is 11.0. The number of rotatable bonds is 3. The average molecular weight is 222 g/mol. The van der Waals surface area contributed by atoms with Crippen LogP contribution >= 0.6 is 0 Å². The summed E-state index contributed by atoms with van der Waals surface area (Å²) < 4.78 is 0. The highest BCUT2D eigenvalue weighted by atomic mass is 15.6. The molecule has 0 atom stereocenters. The van der Waals surface area contributed by atoms with Gasteiger partial charge in [0.25, 0.3) is 0 Å². The maximum absolute atomic E-state index is 2.59. The van der Waals surface area contributed by atoms with Crippen molar-refractivity contribution in [2.45, 2.75) is 51.0 Å². The Labute approximate surface area is 100.0 Å². The SMILES string of the molecule is CCN(C)N(C)C12CC3CC(CC(C3)C1)C2. The molecule has 4 rings (SSSR count). The van der Waals surface area contributed by atoms with Crippen molar-refractivity contribution >= 4 is 0 Å². The van der Waals surface area contributed by atoms with E-state index in [9.17, 15) is 0 Å². The molecule has 0 amide bonds. The molecule has 0 spiro atoms. The zero-order valence-electron chi connectivity index (χ0n) is 11.1. The van der Waals surface area contributed by atoms with Crippen LogP contribution < -0.4 is 0 Å². The predicted molar refractivity (Wildman–Crippen MR) is 67.0 cm³/mol. The van der Waals surface area contributed by atoms with Crippen LogP contribution in [0.2, 0.25) is 0 Å². The fourth-order valence-electron chi connectivity index (χ4n) is 5.04. The van der Waals surface area contributed by atoms with Gasteiger partial charge in [0, 0.05) is 26.2 Å². The van der Waals surface area contributed by atoms with Crippen molar-refractivity contribution in [2.24, 2.45) is 17.8 Å². The van der Waals surface area contributed by atoms with Crippen molar-refractivity contribution in [1.29, 1.82) is 0 Å². The standard InChI is InChI=1S/C14H26N2/c1-4-15(2)16(3)14-8-11-5-12(9-14)7-13(6-11)10-14/h11-13H,4-10H2,1-3H3. The van der Waals surface area contributed by atoms with Crippen LogP contribution in [-0.4, -0.2) is 36.2 Å². The van der Waals surface area contributed by atoms with Gasteiger partial charge in [0.2, 0.25) is 0 Å². The molecule has 4 fully saturated rings. The third kappa shape index (κ3) is 1.53. The van der Waals surface area contributed by atoms with E-state index in [4.69, 9.17) is 0 Å². The Bertz CT molecular complexity index is 239. The highest BCUT2D eigenvalue weighted by molar-refractivity contribution is 5.06. The molecule has 0 aromatic carbocycles. The second kappa shape index (κ2) is 3.71. The van der Waals surface area contributed by atoms with Crippen LogP contribution in [0.1, 0.15) is 45.4 Å². The summed E-state index contributed by atoms with van der Waals surface area (Å²) in [6, 6.07) is 0. The quantitative estimate of drug-likeness (QED) is 0.678. The van der Waals surface area contributed by atoms with E-state index in [2.05, 4.69) is 31.0 Å². The summed E-state index contributed by atoms with van der Waals surface area (Å²) in [7, 11) is 4.58. The molecule has 2 nitrogen and oxygen atoms in total. The average Bonchev–Trinajstić information content (AvgIpc) is 2.25. The largest absolute Gasteiger partial charge is 0.245 e. The van der Waals surface area contributed by atoms with Crippen LogP contribution in [-0.2, 0) is 0 Å². The molecular weight excluding hydrogens is 196 g/mol. The van der Waals surface area contributed by atoms with E-state index in [1.807, 2.05) is 0 Å². The fourth-order valence-corrected chi connectivity index (χ4v) is 5.04. The third-order valence-corrected chi connectivity index (χ3v) is 5.66. The molecule has 0 unspecified atom stereocenters. The minimum Gasteiger partial charge on any atom is -0.245 e. The zero-order valence-corrected chi connectivity index (χ0v) is 11.1. The molecule has 4 aliphatic rings. The molecule has 0 aromatic heterocycles. The minimum absolute atomic E-state index is 0.541. The van der Waals surface area contributed by atoms with Gasteiger partial charge in [-0.25, -0.2) is 10.0 Å². The molecule has 16 heavy (non-hydrogen) atoms. The number of hydrogen-bond donors (Lipinski definition) is 0. The maximum atomic E-state index is 2.59. The van der Waals surface area contributed by atoms with Gasteiger partial charge in [-0.3, -0.25) is 0 Å². The van der Waals surface area contributed by atoms with E-state index in [-0.39, 0.29) is 0 Å². The van der Waals surface area contributed by atoms with Gasteiger partial charge in [-0.1, -0.05) is 6.92 Å². The first-order valence-electron chi connectivity index (χ1n) is 7.08. The van der Waals surface area contributed by atoms with Crippen LogP contribution in [0.5, 0.6) is 0 Å². The van der Waals surface area contributed by atoms with Crippen molar-refractivity contribution in [3.05, 3.63) is 0 Å². The van der Waals surface area contributed by atoms with Crippen LogP contribution in [0.4, 0.5) is 0 Å². The van der Waals surface area contributed by atoms with Gasteiger partial charge in [-0.15, -0.1) is 0 Å². The lowest BCUT2D eigenvalue weighted by Crippen LogP contribution is -2.62. The number of nitrogens with zero attached hydrogens (tertiary/aromatic N) is 2. The molecule has 2 heteroatoms. The molecule has 4 saturated carbocycles. The van der Waals surface area contributed by atoms with E-state index in [1.54, 1.807) is 19.3 Å². The number of hydrogen-bond acceptors (Lipinski definition) is 2. The molecular formula is C14H26N2. The van der Waals surface area contributed by atoms with Gasteiger partial charge >= 0.3 is 0 Å². The van der Waals surface area contributed by atoms with Crippen molar-refractivity contribution in [3.63, 3.8) is 0 Å². The molecule has 0 N–H and O–H groups in total. The van der Waals surface area contributed by atoms with Gasteiger partial charge in [-0.2, -0.15) is 0 Å². The van der Waals surface area contributed by atoms with Gasteiger partial charge in [0.1, 0.15) is 0 Å². The van der Waals surface area contributed by atoms with Gasteiger partial charge in [-0.05, 0) is 56.3 Å². The van der Waals surface area contributed by atoms with Crippen LogP contribution in [0, 0.1) is 17.8 Å². The second-order valence-corrected chi connectivity index (χ2v) is 6.64.